The zero-order valence-electron chi connectivity index (χ0n) is 7.83. The smallest absolute Gasteiger partial charge is 0.306 e. The quantitative estimate of drug-likeness (QED) is 0.643. The van der Waals surface area contributed by atoms with Crippen LogP contribution in [0.25, 0.3) is 0 Å². The molecule has 0 spiro atoms. The van der Waals surface area contributed by atoms with Crippen LogP contribution in [-0.4, -0.2) is 23.7 Å². The molecule has 0 radical (unpaired) electrons. The van der Waals surface area contributed by atoms with Gasteiger partial charge in [0, 0.05) is 6.04 Å². The van der Waals surface area contributed by atoms with Crippen LogP contribution in [0.2, 0.25) is 0 Å². The van der Waals surface area contributed by atoms with Gasteiger partial charge in [0.15, 0.2) is 0 Å². The molecule has 2 fully saturated rings. The summed E-state index contributed by atoms with van der Waals surface area (Å²) in [7, 11) is 0. The summed E-state index contributed by atoms with van der Waals surface area (Å²) in [6.45, 7) is 0.887. The van der Waals surface area contributed by atoms with E-state index in [1.807, 2.05) is 0 Å². The summed E-state index contributed by atoms with van der Waals surface area (Å²) in [5.74, 6) is -0.259. The van der Waals surface area contributed by atoms with Gasteiger partial charge in [-0.3, -0.25) is 4.79 Å². The molecule has 2 aliphatic rings. The number of nitrogens with one attached hydrogen (secondary N) is 1. The number of fused-ring (bicyclic) bond motifs is 1. The minimum absolute atomic E-state index is 0.0773. The van der Waals surface area contributed by atoms with Crippen LogP contribution in [0, 0.1) is 11.8 Å². The van der Waals surface area contributed by atoms with Gasteiger partial charge in [0.2, 0.25) is 0 Å². The summed E-state index contributed by atoms with van der Waals surface area (Å²) in [5, 5.41) is 12.5. The van der Waals surface area contributed by atoms with Crippen LogP contribution in [0.15, 0.2) is 0 Å². The van der Waals surface area contributed by atoms with Crippen molar-refractivity contribution in [2.24, 2.45) is 11.8 Å². The van der Waals surface area contributed by atoms with Gasteiger partial charge in [0.1, 0.15) is 0 Å². The molecule has 3 heteroatoms. The van der Waals surface area contributed by atoms with Crippen molar-refractivity contribution in [2.75, 3.05) is 6.54 Å². The van der Waals surface area contributed by atoms with E-state index in [1.54, 1.807) is 0 Å². The Morgan fingerprint density at radius 1 is 1.23 bits per heavy atom. The Balaban J connectivity index is 2.06. The molecule has 3 nitrogen and oxygen atoms in total. The predicted molar refractivity (Wildman–Crippen MR) is 49.5 cm³/mol. The summed E-state index contributed by atoms with van der Waals surface area (Å²) in [6.07, 6.45) is 5.58. The van der Waals surface area contributed by atoms with E-state index in [2.05, 4.69) is 5.32 Å². The normalized spacial score (nSPS) is 39.5. The van der Waals surface area contributed by atoms with E-state index in [-0.39, 0.29) is 5.92 Å². The Morgan fingerprint density at radius 3 is 2.77 bits per heavy atom. The van der Waals surface area contributed by atoms with E-state index in [9.17, 15) is 4.79 Å². The van der Waals surface area contributed by atoms with E-state index >= 15 is 0 Å². The first-order chi connectivity index (χ1) is 6.29. The number of carboxylic acids is 1. The highest BCUT2D eigenvalue weighted by molar-refractivity contribution is 5.70. The Labute approximate surface area is 78.5 Å². The zero-order chi connectivity index (χ0) is 9.26. The molecule has 3 atom stereocenters. The topological polar surface area (TPSA) is 49.3 Å². The number of hydrogen-bond donors (Lipinski definition) is 2. The monoisotopic (exact) mass is 183 g/mol. The standard InChI is InChI=1S/C10H17NO2/c12-10(13)8-5-6-11-9-4-2-1-3-7(8)9/h7-9,11H,1-6H2,(H,12,13)/t7-,8+,9-/m1/s1. The largest absolute Gasteiger partial charge is 0.481 e. The van der Waals surface area contributed by atoms with Crippen molar-refractivity contribution in [1.82, 2.24) is 5.32 Å². The third kappa shape index (κ3) is 1.70. The predicted octanol–water partition coefficient (Wildman–Crippen LogP) is 1.24. The Bertz CT molecular complexity index is 203. The summed E-state index contributed by atoms with van der Waals surface area (Å²) in [4.78, 5) is 11.0. The van der Waals surface area contributed by atoms with Crippen molar-refractivity contribution < 1.29 is 9.90 Å². The van der Waals surface area contributed by atoms with E-state index in [0.29, 0.717) is 12.0 Å². The molecule has 1 aliphatic carbocycles. The molecule has 2 N–H and O–H groups in total. The van der Waals surface area contributed by atoms with Gasteiger partial charge < -0.3 is 10.4 Å². The lowest BCUT2D eigenvalue weighted by Gasteiger charge is -2.40. The maximum Gasteiger partial charge on any atom is 0.306 e. The second-order valence-corrected chi connectivity index (χ2v) is 4.24. The fraction of sp³-hybridized carbons (Fsp3) is 0.900. The number of carboxylic acid groups (broad SMARTS) is 1. The zero-order valence-corrected chi connectivity index (χ0v) is 7.83. The van der Waals surface area contributed by atoms with Crippen LogP contribution in [0.3, 0.4) is 0 Å². The highest BCUT2D eigenvalue weighted by Crippen LogP contribution is 2.34. The molecule has 1 saturated carbocycles. The summed E-state index contributed by atoms with van der Waals surface area (Å²) < 4.78 is 0. The van der Waals surface area contributed by atoms with Crippen molar-refractivity contribution >= 4 is 5.97 Å². The van der Waals surface area contributed by atoms with Crippen LogP contribution >= 0.6 is 0 Å². The lowest BCUT2D eigenvalue weighted by molar-refractivity contribution is -0.145. The van der Waals surface area contributed by atoms with Crippen molar-refractivity contribution in [3.8, 4) is 0 Å². The van der Waals surface area contributed by atoms with Crippen molar-refractivity contribution in [3.63, 3.8) is 0 Å². The van der Waals surface area contributed by atoms with E-state index in [1.165, 1.54) is 19.3 Å². The SMILES string of the molecule is O=C(O)[C@H]1CCN[C@@H]2CCCC[C@H]12. The van der Waals surface area contributed by atoms with Crippen molar-refractivity contribution in [3.05, 3.63) is 0 Å². The number of hydrogen-bond acceptors (Lipinski definition) is 2. The molecule has 0 unspecified atom stereocenters. The molecule has 74 valence electrons. The first-order valence-electron chi connectivity index (χ1n) is 5.25. The molecule has 0 aromatic carbocycles. The first-order valence-corrected chi connectivity index (χ1v) is 5.25. The lowest BCUT2D eigenvalue weighted by Crippen LogP contribution is -2.49. The van der Waals surface area contributed by atoms with Gasteiger partial charge in [-0.15, -0.1) is 0 Å². The maximum absolute atomic E-state index is 11.0. The molecule has 1 aliphatic heterocycles. The van der Waals surface area contributed by atoms with Gasteiger partial charge in [0.05, 0.1) is 5.92 Å². The second kappa shape index (κ2) is 3.66. The molecule has 0 amide bonds. The second-order valence-electron chi connectivity index (χ2n) is 4.24. The molecule has 0 aromatic heterocycles. The molecule has 2 rings (SSSR count). The lowest BCUT2D eigenvalue weighted by atomic mass is 9.73. The summed E-state index contributed by atoms with van der Waals surface area (Å²) in [6, 6.07) is 0.489. The molecule has 0 bridgehead atoms. The number of piperidine rings is 1. The third-order valence-electron chi connectivity index (χ3n) is 3.52. The van der Waals surface area contributed by atoms with Gasteiger partial charge in [-0.05, 0) is 31.7 Å². The Morgan fingerprint density at radius 2 is 2.00 bits per heavy atom. The number of carbonyl (C=O) groups is 1. The average molecular weight is 183 g/mol. The van der Waals surface area contributed by atoms with E-state index in [0.717, 1.165) is 19.4 Å². The van der Waals surface area contributed by atoms with Gasteiger partial charge in [0.25, 0.3) is 0 Å². The summed E-state index contributed by atoms with van der Waals surface area (Å²) in [5.41, 5.74) is 0. The molecule has 1 saturated heterocycles. The minimum atomic E-state index is -0.585. The fourth-order valence-electron chi connectivity index (χ4n) is 2.84. The van der Waals surface area contributed by atoms with Crippen LogP contribution in [0.5, 0.6) is 0 Å². The first kappa shape index (κ1) is 9.00. The molecule has 13 heavy (non-hydrogen) atoms. The highest BCUT2D eigenvalue weighted by Gasteiger charge is 2.38. The van der Waals surface area contributed by atoms with Crippen LogP contribution in [0.1, 0.15) is 32.1 Å². The van der Waals surface area contributed by atoms with Crippen molar-refractivity contribution in [2.45, 2.75) is 38.1 Å². The number of rotatable bonds is 1. The third-order valence-corrected chi connectivity index (χ3v) is 3.52. The van der Waals surface area contributed by atoms with E-state index < -0.39 is 5.97 Å². The number of aliphatic carboxylic acids is 1. The van der Waals surface area contributed by atoms with Crippen LogP contribution < -0.4 is 5.32 Å². The fourth-order valence-corrected chi connectivity index (χ4v) is 2.84. The van der Waals surface area contributed by atoms with Crippen molar-refractivity contribution in [1.29, 1.82) is 0 Å². The maximum atomic E-state index is 11.0. The minimum Gasteiger partial charge on any atom is -0.481 e. The van der Waals surface area contributed by atoms with Crippen LogP contribution in [0.4, 0.5) is 0 Å². The summed E-state index contributed by atoms with van der Waals surface area (Å²) >= 11 is 0. The molecule has 0 aromatic rings. The average Bonchev–Trinajstić information content (AvgIpc) is 2.17. The van der Waals surface area contributed by atoms with Gasteiger partial charge in [-0.1, -0.05) is 12.8 Å². The van der Waals surface area contributed by atoms with E-state index in [4.69, 9.17) is 5.11 Å². The molecular weight excluding hydrogens is 166 g/mol. The molecule has 1 heterocycles. The van der Waals surface area contributed by atoms with Gasteiger partial charge >= 0.3 is 5.97 Å². The highest BCUT2D eigenvalue weighted by atomic mass is 16.4. The van der Waals surface area contributed by atoms with Gasteiger partial charge in [-0.25, -0.2) is 0 Å². The Kier molecular flexibility index (Phi) is 2.54. The Hall–Kier alpha value is -0.570. The van der Waals surface area contributed by atoms with Gasteiger partial charge in [-0.2, -0.15) is 0 Å². The van der Waals surface area contributed by atoms with Crippen LogP contribution in [-0.2, 0) is 4.79 Å². The molecular formula is C10H17NO2.